The van der Waals surface area contributed by atoms with E-state index < -0.39 is 0 Å². The standard InChI is InChI=1S/C27H28N6O/c1-31-14-16-32(17-15-31)26-11-10-21(19-28-26)20-29-27(34)23-8-5-9-24(18-23)33-25(12-13-30-33)22-6-3-2-4-7-22/h2-13,18-19H,14-17,20H2,1H3,(H,29,34). The first-order valence-corrected chi connectivity index (χ1v) is 11.5. The van der Waals surface area contributed by atoms with Gasteiger partial charge in [-0.05, 0) is 42.9 Å². The topological polar surface area (TPSA) is 66.3 Å². The fourth-order valence-corrected chi connectivity index (χ4v) is 4.14. The Hall–Kier alpha value is -3.97. The van der Waals surface area contributed by atoms with E-state index in [0.717, 1.165) is 54.5 Å². The van der Waals surface area contributed by atoms with Crippen LogP contribution in [0.5, 0.6) is 0 Å². The largest absolute Gasteiger partial charge is 0.354 e. The van der Waals surface area contributed by atoms with Gasteiger partial charge in [-0.3, -0.25) is 4.79 Å². The van der Waals surface area contributed by atoms with Gasteiger partial charge in [-0.25, -0.2) is 9.67 Å². The minimum atomic E-state index is -0.126. The van der Waals surface area contributed by atoms with Crippen molar-refractivity contribution in [3.63, 3.8) is 0 Å². The molecule has 5 rings (SSSR count). The molecule has 1 amide bonds. The lowest BCUT2D eigenvalue weighted by molar-refractivity contribution is 0.0951. The molecule has 0 aliphatic carbocycles. The van der Waals surface area contributed by atoms with Crippen molar-refractivity contribution in [2.24, 2.45) is 0 Å². The van der Waals surface area contributed by atoms with Gasteiger partial charge < -0.3 is 15.1 Å². The summed E-state index contributed by atoms with van der Waals surface area (Å²) < 4.78 is 1.85. The Balaban J connectivity index is 1.24. The van der Waals surface area contributed by atoms with E-state index in [1.807, 2.05) is 83.7 Å². The van der Waals surface area contributed by atoms with Crippen molar-refractivity contribution >= 4 is 11.7 Å². The summed E-state index contributed by atoms with van der Waals surface area (Å²) >= 11 is 0. The lowest BCUT2D eigenvalue weighted by Crippen LogP contribution is -2.44. The predicted molar refractivity (Wildman–Crippen MR) is 134 cm³/mol. The fraction of sp³-hybridized carbons (Fsp3) is 0.222. The van der Waals surface area contributed by atoms with Gasteiger partial charge in [0.25, 0.3) is 5.91 Å². The number of benzene rings is 2. The second kappa shape index (κ2) is 9.89. The predicted octanol–water partition coefficient (Wildman–Crippen LogP) is 3.62. The summed E-state index contributed by atoms with van der Waals surface area (Å²) in [5.41, 5.74) is 4.46. The van der Waals surface area contributed by atoms with Gasteiger partial charge in [0.05, 0.1) is 17.6 Å². The van der Waals surface area contributed by atoms with Crippen LogP contribution in [0.3, 0.4) is 0 Å². The van der Waals surface area contributed by atoms with Crippen molar-refractivity contribution in [1.29, 1.82) is 0 Å². The highest BCUT2D eigenvalue weighted by Crippen LogP contribution is 2.22. The molecule has 3 heterocycles. The van der Waals surface area contributed by atoms with Crippen LogP contribution < -0.4 is 10.2 Å². The maximum absolute atomic E-state index is 12.9. The van der Waals surface area contributed by atoms with Gasteiger partial charge in [-0.2, -0.15) is 5.10 Å². The smallest absolute Gasteiger partial charge is 0.251 e. The van der Waals surface area contributed by atoms with Crippen LogP contribution in [0.15, 0.2) is 85.2 Å². The number of carbonyl (C=O) groups is 1. The number of hydrogen-bond acceptors (Lipinski definition) is 5. The molecular formula is C27H28N6O. The fourth-order valence-electron chi connectivity index (χ4n) is 4.14. The van der Waals surface area contributed by atoms with E-state index >= 15 is 0 Å². The van der Waals surface area contributed by atoms with E-state index in [9.17, 15) is 4.79 Å². The number of anilines is 1. The number of nitrogens with zero attached hydrogens (tertiary/aromatic N) is 5. The number of aromatic nitrogens is 3. The molecule has 0 radical (unpaired) electrons. The number of nitrogens with one attached hydrogen (secondary N) is 1. The van der Waals surface area contributed by atoms with Gasteiger partial charge >= 0.3 is 0 Å². The van der Waals surface area contributed by atoms with Crippen LogP contribution in [-0.2, 0) is 6.54 Å². The van der Waals surface area contributed by atoms with Gasteiger partial charge in [-0.1, -0.05) is 42.5 Å². The van der Waals surface area contributed by atoms with E-state index in [1.165, 1.54) is 0 Å². The highest BCUT2D eigenvalue weighted by Gasteiger charge is 2.15. The summed E-state index contributed by atoms with van der Waals surface area (Å²) in [6, 6.07) is 23.7. The molecule has 0 atom stereocenters. The van der Waals surface area contributed by atoms with E-state index in [0.29, 0.717) is 12.1 Å². The molecule has 0 unspecified atom stereocenters. The van der Waals surface area contributed by atoms with Crippen molar-refractivity contribution in [3.05, 3.63) is 96.3 Å². The van der Waals surface area contributed by atoms with Crippen molar-refractivity contribution in [2.75, 3.05) is 38.1 Å². The zero-order valence-corrected chi connectivity index (χ0v) is 19.3. The summed E-state index contributed by atoms with van der Waals surface area (Å²) in [4.78, 5) is 22.1. The van der Waals surface area contributed by atoms with Crippen LogP contribution >= 0.6 is 0 Å². The van der Waals surface area contributed by atoms with E-state index in [2.05, 4.69) is 32.2 Å². The van der Waals surface area contributed by atoms with Crippen LogP contribution in [0.25, 0.3) is 16.9 Å². The minimum Gasteiger partial charge on any atom is -0.354 e. The molecule has 1 aliphatic heterocycles. The molecule has 1 fully saturated rings. The third-order valence-corrected chi connectivity index (χ3v) is 6.15. The van der Waals surface area contributed by atoms with Crippen LogP contribution in [0.4, 0.5) is 5.82 Å². The minimum absolute atomic E-state index is 0.126. The summed E-state index contributed by atoms with van der Waals surface area (Å²) in [5, 5.41) is 7.49. The average molecular weight is 453 g/mol. The summed E-state index contributed by atoms with van der Waals surface area (Å²) in [6.45, 7) is 4.49. The molecule has 1 aliphatic rings. The lowest BCUT2D eigenvalue weighted by atomic mass is 10.1. The number of likely N-dealkylation sites (N-methyl/N-ethyl adjacent to an activating group) is 1. The summed E-state index contributed by atoms with van der Waals surface area (Å²) in [7, 11) is 2.14. The number of piperazine rings is 1. The molecule has 4 aromatic rings. The number of hydrogen-bond donors (Lipinski definition) is 1. The molecular weight excluding hydrogens is 424 g/mol. The van der Waals surface area contributed by atoms with Crippen molar-refractivity contribution in [2.45, 2.75) is 6.54 Å². The van der Waals surface area contributed by atoms with Crippen molar-refractivity contribution in [1.82, 2.24) is 25.0 Å². The Kier molecular flexibility index (Phi) is 6.35. The number of amides is 1. The molecule has 0 bridgehead atoms. The molecule has 7 heteroatoms. The van der Waals surface area contributed by atoms with Gasteiger partial charge in [0, 0.05) is 50.0 Å². The highest BCUT2D eigenvalue weighted by molar-refractivity contribution is 5.94. The van der Waals surface area contributed by atoms with E-state index in [-0.39, 0.29) is 5.91 Å². The number of rotatable bonds is 6. The molecule has 7 nitrogen and oxygen atoms in total. The van der Waals surface area contributed by atoms with Crippen LogP contribution in [0, 0.1) is 0 Å². The monoisotopic (exact) mass is 452 g/mol. The number of pyridine rings is 1. The third-order valence-electron chi connectivity index (χ3n) is 6.15. The van der Waals surface area contributed by atoms with Crippen molar-refractivity contribution in [3.8, 4) is 16.9 Å². The van der Waals surface area contributed by atoms with E-state index in [1.54, 1.807) is 6.20 Å². The third kappa shape index (κ3) is 4.84. The summed E-state index contributed by atoms with van der Waals surface area (Å²) in [6.07, 6.45) is 3.62. The Morgan fingerprint density at radius 2 is 1.76 bits per heavy atom. The first-order valence-electron chi connectivity index (χ1n) is 11.5. The highest BCUT2D eigenvalue weighted by atomic mass is 16.1. The molecule has 2 aromatic carbocycles. The van der Waals surface area contributed by atoms with Crippen LogP contribution in [-0.4, -0.2) is 58.8 Å². The second-order valence-electron chi connectivity index (χ2n) is 8.54. The average Bonchev–Trinajstić information content (AvgIpc) is 3.39. The molecule has 0 spiro atoms. The molecule has 1 N–H and O–H groups in total. The maximum Gasteiger partial charge on any atom is 0.251 e. The first-order chi connectivity index (χ1) is 16.7. The zero-order chi connectivity index (χ0) is 23.3. The normalized spacial score (nSPS) is 14.2. The zero-order valence-electron chi connectivity index (χ0n) is 19.3. The first kappa shape index (κ1) is 21.9. The molecule has 2 aromatic heterocycles. The second-order valence-corrected chi connectivity index (χ2v) is 8.54. The molecule has 0 saturated carbocycles. The van der Waals surface area contributed by atoms with Gasteiger partial charge in [0.1, 0.15) is 5.82 Å². The maximum atomic E-state index is 12.9. The van der Waals surface area contributed by atoms with Crippen LogP contribution in [0.1, 0.15) is 15.9 Å². The summed E-state index contributed by atoms with van der Waals surface area (Å²) in [5.74, 6) is 0.864. The Morgan fingerprint density at radius 1 is 0.941 bits per heavy atom. The molecule has 172 valence electrons. The molecule has 1 saturated heterocycles. The Labute approximate surface area is 199 Å². The Morgan fingerprint density at radius 3 is 2.53 bits per heavy atom. The Bertz CT molecular complexity index is 1240. The lowest BCUT2D eigenvalue weighted by Gasteiger charge is -2.33. The van der Waals surface area contributed by atoms with Gasteiger partial charge in [0.15, 0.2) is 0 Å². The van der Waals surface area contributed by atoms with Crippen LogP contribution in [0.2, 0.25) is 0 Å². The SMILES string of the molecule is CN1CCN(c2ccc(CNC(=O)c3cccc(-n4nccc4-c4ccccc4)c3)cn2)CC1. The molecule has 34 heavy (non-hydrogen) atoms. The van der Waals surface area contributed by atoms with Crippen molar-refractivity contribution < 1.29 is 4.79 Å². The van der Waals surface area contributed by atoms with Gasteiger partial charge in [0.2, 0.25) is 0 Å². The van der Waals surface area contributed by atoms with E-state index in [4.69, 9.17) is 0 Å². The van der Waals surface area contributed by atoms with Gasteiger partial charge in [-0.15, -0.1) is 0 Å². The number of carbonyl (C=O) groups excluding carboxylic acids is 1. The quantitative estimate of drug-likeness (QED) is 0.484.